The maximum absolute atomic E-state index is 12.0. The second-order valence-electron chi connectivity index (χ2n) is 4.28. The molecule has 1 unspecified atom stereocenters. The summed E-state index contributed by atoms with van der Waals surface area (Å²) in [5.74, 6) is 0.408. The van der Waals surface area contributed by atoms with Crippen molar-refractivity contribution in [3.63, 3.8) is 0 Å². The quantitative estimate of drug-likeness (QED) is 0.844. The van der Waals surface area contributed by atoms with E-state index < -0.39 is 6.10 Å². The fourth-order valence-corrected chi connectivity index (χ4v) is 1.67. The highest BCUT2D eigenvalue weighted by Crippen LogP contribution is 2.06. The Morgan fingerprint density at radius 1 is 1.53 bits per heavy atom. The maximum Gasteiger partial charge on any atom is 0.255 e. The molecule has 100 valence electrons. The van der Waals surface area contributed by atoms with Crippen molar-refractivity contribution < 1.29 is 9.90 Å². The molecule has 2 aromatic rings. The van der Waals surface area contributed by atoms with Gasteiger partial charge in [-0.05, 0) is 19.1 Å². The lowest BCUT2D eigenvalue weighted by atomic mass is 10.2. The molecule has 2 aromatic heterocycles. The fourth-order valence-electron chi connectivity index (χ4n) is 1.67. The molecule has 0 aliphatic rings. The summed E-state index contributed by atoms with van der Waals surface area (Å²) in [6.45, 7) is 1.92. The summed E-state index contributed by atoms with van der Waals surface area (Å²) in [6.07, 6.45) is 3.87. The molecular weight excluding hydrogens is 246 g/mol. The Morgan fingerprint density at radius 3 is 2.84 bits per heavy atom. The second kappa shape index (κ2) is 5.57. The number of rotatable bonds is 4. The van der Waals surface area contributed by atoms with Gasteiger partial charge in [0.15, 0.2) is 5.82 Å². The highest BCUT2D eigenvalue weighted by molar-refractivity contribution is 5.93. The average Bonchev–Trinajstić information content (AvgIpc) is 2.91. The van der Waals surface area contributed by atoms with Gasteiger partial charge in [0, 0.05) is 19.8 Å². The van der Waals surface area contributed by atoms with Crippen molar-refractivity contribution in [3.8, 4) is 5.82 Å². The predicted octanol–water partition coefficient (Wildman–Crippen LogP) is 0.115. The van der Waals surface area contributed by atoms with Gasteiger partial charge in [-0.2, -0.15) is 5.10 Å². The number of aliphatic hydroxyl groups excluding tert-OH is 1. The Morgan fingerprint density at radius 2 is 2.32 bits per heavy atom. The van der Waals surface area contributed by atoms with E-state index in [1.165, 1.54) is 28.4 Å². The molecule has 19 heavy (non-hydrogen) atoms. The Bertz CT molecular complexity index is 536. The summed E-state index contributed by atoms with van der Waals surface area (Å²) >= 11 is 0. The van der Waals surface area contributed by atoms with Crippen LogP contribution in [0.2, 0.25) is 0 Å². The SMILES string of the molecule is CC(O)CN(C)C(=O)c1ccc(-n2cncn2)nc1. The van der Waals surface area contributed by atoms with Crippen LogP contribution in [-0.2, 0) is 0 Å². The van der Waals surface area contributed by atoms with E-state index in [-0.39, 0.29) is 12.5 Å². The Hall–Kier alpha value is -2.28. The first kappa shape index (κ1) is 13.2. The van der Waals surface area contributed by atoms with Gasteiger partial charge in [-0.3, -0.25) is 4.79 Å². The van der Waals surface area contributed by atoms with E-state index in [4.69, 9.17) is 0 Å². The predicted molar refractivity (Wildman–Crippen MR) is 67.8 cm³/mol. The molecule has 0 saturated carbocycles. The first-order valence-corrected chi connectivity index (χ1v) is 5.82. The lowest BCUT2D eigenvalue weighted by Crippen LogP contribution is -2.33. The number of pyridine rings is 1. The molecule has 0 aliphatic carbocycles. The van der Waals surface area contributed by atoms with Crippen molar-refractivity contribution >= 4 is 5.91 Å². The van der Waals surface area contributed by atoms with Crippen molar-refractivity contribution in [3.05, 3.63) is 36.5 Å². The van der Waals surface area contributed by atoms with E-state index in [9.17, 15) is 9.90 Å². The van der Waals surface area contributed by atoms with E-state index in [0.717, 1.165) is 0 Å². The van der Waals surface area contributed by atoms with Gasteiger partial charge in [-0.25, -0.2) is 14.6 Å². The number of aromatic nitrogens is 4. The standard InChI is InChI=1S/C12H15N5O2/c1-9(18)6-16(2)12(19)10-3-4-11(14-5-10)17-8-13-7-15-17/h3-5,7-9,18H,6H2,1-2H3. The molecule has 0 aromatic carbocycles. The zero-order valence-electron chi connectivity index (χ0n) is 10.8. The summed E-state index contributed by atoms with van der Waals surface area (Å²) in [5, 5.41) is 13.2. The highest BCUT2D eigenvalue weighted by atomic mass is 16.3. The van der Waals surface area contributed by atoms with E-state index in [1.807, 2.05) is 0 Å². The molecule has 0 saturated heterocycles. The van der Waals surface area contributed by atoms with Crippen molar-refractivity contribution in [2.45, 2.75) is 13.0 Å². The number of carbonyl (C=O) groups is 1. The molecule has 1 N–H and O–H groups in total. The second-order valence-corrected chi connectivity index (χ2v) is 4.28. The molecule has 0 aliphatic heterocycles. The smallest absolute Gasteiger partial charge is 0.255 e. The minimum absolute atomic E-state index is 0.182. The number of nitrogens with zero attached hydrogens (tertiary/aromatic N) is 5. The number of likely N-dealkylation sites (N-methyl/N-ethyl adjacent to an activating group) is 1. The number of amides is 1. The fraction of sp³-hybridized carbons (Fsp3) is 0.333. The molecule has 2 heterocycles. The lowest BCUT2D eigenvalue weighted by Gasteiger charge is -2.18. The summed E-state index contributed by atoms with van der Waals surface area (Å²) in [7, 11) is 1.64. The van der Waals surface area contributed by atoms with Gasteiger partial charge >= 0.3 is 0 Å². The third kappa shape index (κ3) is 3.14. The largest absolute Gasteiger partial charge is 0.392 e. The van der Waals surface area contributed by atoms with Crippen LogP contribution >= 0.6 is 0 Å². The summed E-state index contributed by atoms with van der Waals surface area (Å²) in [6, 6.07) is 3.36. The zero-order chi connectivity index (χ0) is 13.8. The molecule has 7 heteroatoms. The van der Waals surface area contributed by atoms with Crippen molar-refractivity contribution in [2.24, 2.45) is 0 Å². The normalized spacial score (nSPS) is 12.2. The van der Waals surface area contributed by atoms with Crippen LogP contribution in [0.1, 0.15) is 17.3 Å². The van der Waals surface area contributed by atoms with Gasteiger partial charge in [-0.15, -0.1) is 0 Å². The van der Waals surface area contributed by atoms with Gasteiger partial charge < -0.3 is 10.0 Å². The third-order valence-electron chi connectivity index (χ3n) is 2.53. The maximum atomic E-state index is 12.0. The summed E-state index contributed by atoms with van der Waals surface area (Å²) < 4.78 is 1.51. The molecule has 0 fully saturated rings. The van der Waals surface area contributed by atoms with Crippen LogP contribution in [-0.4, -0.2) is 55.4 Å². The first-order chi connectivity index (χ1) is 9.08. The topological polar surface area (TPSA) is 84.1 Å². The third-order valence-corrected chi connectivity index (χ3v) is 2.53. The highest BCUT2D eigenvalue weighted by Gasteiger charge is 2.13. The van der Waals surface area contributed by atoms with Crippen LogP contribution in [0.15, 0.2) is 31.0 Å². The molecule has 0 radical (unpaired) electrons. The van der Waals surface area contributed by atoms with Crippen LogP contribution in [0.3, 0.4) is 0 Å². The van der Waals surface area contributed by atoms with Crippen molar-refractivity contribution in [1.29, 1.82) is 0 Å². The minimum Gasteiger partial charge on any atom is -0.392 e. The van der Waals surface area contributed by atoms with Gasteiger partial charge in [0.25, 0.3) is 5.91 Å². The Balaban J connectivity index is 2.12. The number of carbonyl (C=O) groups excluding carboxylic acids is 1. The van der Waals surface area contributed by atoms with E-state index in [1.54, 1.807) is 26.1 Å². The number of hydrogen-bond acceptors (Lipinski definition) is 5. The molecule has 2 rings (SSSR count). The van der Waals surface area contributed by atoms with Crippen molar-refractivity contribution in [2.75, 3.05) is 13.6 Å². The van der Waals surface area contributed by atoms with Gasteiger partial charge in [0.1, 0.15) is 12.7 Å². The van der Waals surface area contributed by atoms with Crippen LogP contribution in [0, 0.1) is 0 Å². The molecular formula is C12H15N5O2. The molecule has 1 atom stereocenters. The lowest BCUT2D eigenvalue weighted by molar-refractivity contribution is 0.0703. The Labute approximate surface area is 110 Å². The van der Waals surface area contributed by atoms with Crippen LogP contribution in [0.5, 0.6) is 0 Å². The van der Waals surface area contributed by atoms with Gasteiger partial charge in [0.05, 0.1) is 11.7 Å². The molecule has 0 bridgehead atoms. The zero-order valence-corrected chi connectivity index (χ0v) is 10.8. The van der Waals surface area contributed by atoms with E-state index in [2.05, 4.69) is 15.1 Å². The van der Waals surface area contributed by atoms with Gasteiger partial charge in [0.2, 0.25) is 0 Å². The van der Waals surface area contributed by atoms with Crippen LogP contribution in [0.25, 0.3) is 5.82 Å². The Kier molecular flexibility index (Phi) is 3.86. The molecule has 7 nitrogen and oxygen atoms in total. The number of hydrogen-bond donors (Lipinski definition) is 1. The first-order valence-electron chi connectivity index (χ1n) is 5.82. The molecule has 0 spiro atoms. The van der Waals surface area contributed by atoms with Crippen LogP contribution < -0.4 is 0 Å². The minimum atomic E-state index is -0.559. The summed E-state index contributed by atoms with van der Waals surface area (Å²) in [4.78, 5) is 21.5. The van der Waals surface area contributed by atoms with Crippen molar-refractivity contribution in [1.82, 2.24) is 24.6 Å². The van der Waals surface area contributed by atoms with E-state index >= 15 is 0 Å². The average molecular weight is 261 g/mol. The van der Waals surface area contributed by atoms with Gasteiger partial charge in [-0.1, -0.05) is 0 Å². The summed E-state index contributed by atoms with van der Waals surface area (Å²) in [5.41, 5.74) is 0.465. The van der Waals surface area contributed by atoms with E-state index in [0.29, 0.717) is 11.4 Å². The molecule has 1 amide bonds. The van der Waals surface area contributed by atoms with Crippen LogP contribution in [0.4, 0.5) is 0 Å². The monoisotopic (exact) mass is 261 g/mol. The number of aliphatic hydroxyl groups is 1.